The third kappa shape index (κ3) is 63.3. The molecule has 0 aromatic heterocycles. The van der Waals surface area contributed by atoms with Gasteiger partial charge in [-0.3, -0.25) is 14.4 Å². The molecule has 6 nitrogen and oxygen atoms in total. The van der Waals surface area contributed by atoms with Crippen LogP contribution in [0.15, 0.2) is 85.1 Å². The number of allylic oxidation sites excluding steroid dienone is 14. The van der Waals surface area contributed by atoms with Crippen LogP contribution in [0, 0.1) is 0 Å². The predicted octanol–water partition coefficient (Wildman–Crippen LogP) is 22.7. The first-order valence-electron chi connectivity index (χ1n) is 33.1. The number of carbonyl (C=O) groups is 3. The molecule has 0 amide bonds. The molecule has 0 aliphatic rings. The minimum atomic E-state index is -0.773. The summed E-state index contributed by atoms with van der Waals surface area (Å²) in [6.45, 7) is 6.46. The molecule has 0 fully saturated rings. The molecule has 0 radical (unpaired) electrons. The third-order valence-corrected chi connectivity index (χ3v) is 14.4. The summed E-state index contributed by atoms with van der Waals surface area (Å²) in [6, 6.07) is 0. The highest BCUT2D eigenvalue weighted by Gasteiger charge is 2.19. The Bertz CT molecular complexity index is 1470. The summed E-state index contributed by atoms with van der Waals surface area (Å²) in [7, 11) is 0. The van der Waals surface area contributed by atoms with Gasteiger partial charge in [0.05, 0.1) is 0 Å². The summed E-state index contributed by atoms with van der Waals surface area (Å²) in [4.78, 5) is 37.9. The number of rotatable bonds is 60. The fraction of sp³-hybridized carbons (Fsp3) is 0.761. The highest BCUT2D eigenvalue weighted by molar-refractivity contribution is 5.71. The van der Waals surface area contributed by atoms with Crippen LogP contribution in [0.2, 0.25) is 0 Å². The van der Waals surface area contributed by atoms with E-state index in [1.807, 2.05) is 0 Å². The Morgan fingerprint density at radius 2 is 0.506 bits per heavy atom. The largest absolute Gasteiger partial charge is 0.462 e. The van der Waals surface area contributed by atoms with Crippen LogP contribution >= 0.6 is 0 Å². The molecule has 0 aromatic rings. The van der Waals surface area contributed by atoms with Gasteiger partial charge in [0, 0.05) is 19.3 Å². The van der Waals surface area contributed by atoms with E-state index in [0.717, 1.165) is 103 Å². The van der Waals surface area contributed by atoms with Crippen molar-refractivity contribution in [2.75, 3.05) is 13.2 Å². The van der Waals surface area contributed by atoms with Crippen molar-refractivity contribution in [3.8, 4) is 0 Å². The van der Waals surface area contributed by atoms with Crippen molar-refractivity contribution in [2.24, 2.45) is 0 Å². The van der Waals surface area contributed by atoms with E-state index >= 15 is 0 Å². The quantitative estimate of drug-likeness (QED) is 0.0261. The van der Waals surface area contributed by atoms with Gasteiger partial charge in [-0.15, -0.1) is 0 Å². The maximum Gasteiger partial charge on any atom is 0.306 e. The molecule has 0 aliphatic heterocycles. The fourth-order valence-electron chi connectivity index (χ4n) is 9.44. The first kappa shape index (κ1) is 73.6. The van der Waals surface area contributed by atoms with Crippen LogP contribution in [0.1, 0.15) is 329 Å². The maximum absolute atomic E-state index is 12.8. The van der Waals surface area contributed by atoms with E-state index in [1.54, 1.807) is 0 Å². The Labute approximate surface area is 477 Å². The van der Waals surface area contributed by atoms with Gasteiger partial charge in [-0.1, -0.05) is 298 Å². The molecule has 0 heterocycles. The Balaban J connectivity index is 3.97. The van der Waals surface area contributed by atoms with E-state index in [2.05, 4.69) is 106 Å². The van der Waals surface area contributed by atoms with Gasteiger partial charge in [-0.05, 0) is 96.3 Å². The normalized spacial score (nSPS) is 12.6. The molecule has 0 N–H and O–H groups in total. The summed E-state index contributed by atoms with van der Waals surface area (Å²) in [5.41, 5.74) is 0. The zero-order valence-electron chi connectivity index (χ0n) is 51.0. The summed E-state index contributed by atoms with van der Waals surface area (Å²) in [5, 5.41) is 0. The van der Waals surface area contributed by atoms with Crippen LogP contribution in [0.4, 0.5) is 0 Å². The molecule has 6 heteroatoms. The smallest absolute Gasteiger partial charge is 0.306 e. The van der Waals surface area contributed by atoms with Crippen molar-refractivity contribution in [3.05, 3.63) is 85.1 Å². The average molecular weight is 1070 g/mol. The van der Waals surface area contributed by atoms with E-state index < -0.39 is 6.10 Å². The van der Waals surface area contributed by atoms with Gasteiger partial charge in [0.2, 0.25) is 0 Å². The van der Waals surface area contributed by atoms with Gasteiger partial charge in [0.1, 0.15) is 13.2 Å². The Morgan fingerprint density at radius 1 is 0.273 bits per heavy atom. The number of unbranched alkanes of at least 4 members (excludes halogenated alkanes) is 35. The van der Waals surface area contributed by atoms with Crippen molar-refractivity contribution in [3.63, 3.8) is 0 Å². The molecule has 0 aliphatic carbocycles. The lowest BCUT2D eigenvalue weighted by molar-refractivity contribution is -0.167. The predicted molar refractivity (Wildman–Crippen MR) is 334 cm³/mol. The molecular formula is C71H124O6. The van der Waals surface area contributed by atoms with Crippen LogP contribution in [-0.4, -0.2) is 37.2 Å². The van der Waals surface area contributed by atoms with Crippen LogP contribution in [0.5, 0.6) is 0 Å². The number of hydrogen-bond donors (Lipinski definition) is 0. The first-order valence-corrected chi connectivity index (χ1v) is 33.1. The molecule has 0 spiro atoms. The van der Waals surface area contributed by atoms with E-state index in [4.69, 9.17) is 14.2 Å². The Morgan fingerprint density at radius 3 is 0.792 bits per heavy atom. The van der Waals surface area contributed by atoms with E-state index in [1.165, 1.54) is 186 Å². The van der Waals surface area contributed by atoms with Crippen molar-refractivity contribution in [1.82, 2.24) is 0 Å². The molecule has 444 valence electrons. The second-order valence-corrected chi connectivity index (χ2v) is 22.0. The SMILES string of the molecule is CC/C=C\C/C=C\C/C=C\C/C=C\C/C=C\CCCCCCCCCCCCCCCCCCCC(=O)OCC(COC(=O)CCCCCCC)OC(=O)CCCCCCCCCCC/C=C\C/C=C\CCCCCCC. The molecule has 1 atom stereocenters. The van der Waals surface area contributed by atoms with E-state index in [9.17, 15) is 14.4 Å². The van der Waals surface area contributed by atoms with Gasteiger partial charge >= 0.3 is 17.9 Å². The van der Waals surface area contributed by atoms with E-state index in [0.29, 0.717) is 19.3 Å². The Hall–Kier alpha value is -3.41. The van der Waals surface area contributed by atoms with Gasteiger partial charge in [-0.25, -0.2) is 0 Å². The topological polar surface area (TPSA) is 78.9 Å². The molecule has 0 saturated heterocycles. The molecule has 0 saturated carbocycles. The second-order valence-electron chi connectivity index (χ2n) is 22.0. The number of esters is 3. The molecule has 77 heavy (non-hydrogen) atoms. The van der Waals surface area contributed by atoms with Crippen molar-refractivity contribution in [1.29, 1.82) is 0 Å². The second kappa shape index (κ2) is 65.1. The van der Waals surface area contributed by atoms with Crippen molar-refractivity contribution in [2.45, 2.75) is 335 Å². The van der Waals surface area contributed by atoms with Gasteiger partial charge in [-0.2, -0.15) is 0 Å². The summed E-state index contributed by atoms with van der Waals surface area (Å²) in [5.74, 6) is -0.880. The van der Waals surface area contributed by atoms with Crippen molar-refractivity contribution < 1.29 is 28.6 Å². The minimum Gasteiger partial charge on any atom is -0.462 e. The van der Waals surface area contributed by atoms with Gasteiger partial charge in [0.25, 0.3) is 0 Å². The number of carbonyl (C=O) groups excluding carboxylic acids is 3. The van der Waals surface area contributed by atoms with Crippen LogP contribution in [-0.2, 0) is 28.6 Å². The fourth-order valence-corrected chi connectivity index (χ4v) is 9.44. The highest BCUT2D eigenvalue weighted by atomic mass is 16.6. The monoisotopic (exact) mass is 1070 g/mol. The molecule has 1 unspecified atom stereocenters. The lowest BCUT2D eigenvalue weighted by Gasteiger charge is -2.18. The lowest BCUT2D eigenvalue weighted by atomic mass is 10.0. The summed E-state index contributed by atoms with van der Waals surface area (Å²) in [6.07, 6.45) is 86.5. The molecule has 0 bridgehead atoms. The highest BCUT2D eigenvalue weighted by Crippen LogP contribution is 2.17. The first-order chi connectivity index (χ1) is 38.0. The average Bonchev–Trinajstić information content (AvgIpc) is 3.43. The number of hydrogen-bond acceptors (Lipinski definition) is 6. The summed E-state index contributed by atoms with van der Waals surface area (Å²) >= 11 is 0. The Kier molecular flexibility index (Phi) is 62.2. The maximum atomic E-state index is 12.8. The van der Waals surface area contributed by atoms with Crippen LogP contribution in [0.25, 0.3) is 0 Å². The van der Waals surface area contributed by atoms with Crippen molar-refractivity contribution >= 4 is 17.9 Å². The number of ether oxygens (including phenoxy) is 3. The molecule has 0 rings (SSSR count). The lowest BCUT2D eigenvalue weighted by Crippen LogP contribution is -2.30. The van der Waals surface area contributed by atoms with Crippen LogP contribution < -0.4 is 0 Å². The van der Waals surface area contributed by atoms with Gasteiger partial charge in [0.15, 0.2) is 6.10 Å². The third-order valence-electron chi connectivity index (χ3n) is 14.4. The van der Waals surface area contributed by atoms with Gasteiger partial charge < -0.3 is 14.2 Å². The van der Waals surface area contributed by atoms with Crippen LogP contribution in [0.3, 0.4) is 0 Å². The standard InChI is InChI=1S/C71H124O6/c1-4-7-10-13-15-17-19-21-23-25-27-29-30-31-32-33-34-35-36-37-38-39-40-42-43-45-47-49-51-53-55-58-61-64-70(73)76-67-68(66-75-69(72)63-60-57-12-9-6-3)77-71(74)65-62-59-56-54-52-50-48-46-44-41-28-26-24-22-20-18-16-14-11-8-5-2/h7,10,15,17,20-23,26-29,31-32,68H,4-6,8-9,11-14,16,18-19,24-25,30,33-67H2,1-3H3/b10-7-,17-15-,22-20-,23-21-,28-26-,29-27-,32-31-. The minimum absolute atomic E-state index is 0.0746. The summed E-state index contributed by atoms with van der Waals surface area (Å²) < 4.78 is 16.8. The molecular weight excluding hydrogens is 949 g/mol. The van der Waals surface area contributed by atoms with E-state index in [-0.39, 0.29) is 31.1 Å². The zero-order valence-corrected chi connectivity index (χ0v) is 51.0. The zero-order chi connectivity index (χ0) is 55.7. The molecule has 0 aromatic carbocycles.